The van der Waals surface area contributed by atoms with Crippen LogP contribution in [0, 0.1) is 34.6 Å². The van der Waals surface area contributed by atoms with Crippen LogP contribution in [0.15, 0.2) is 29.2 Å². The number of hydrogen-bond donors (Lipinski definition) is 2. The van der Waals surface area contributed by atoms with Gasteiger partial charge in [0, 0.05) is 5.56 Å². The highest BCUT2D eigenvalue weighted by atomic mass is 32.2. The van der Waals surface area contributed by atoms with Crippen molar-refractivity contribution in [2.24, 2.45) is 0 Å². The van der Waals surface area contributed by atoms with Crippen molar-refractivity contribution >= 4 is 15.9 Å². The molecule has 0 bridgehead atoms. The minimum atomic E-state index is -3.88. The van der Waals surface area contributed by atoms with Gasteiger partial charge < -0.3 is 0 Å². The van der Waals surface area contributed by atoms with Crippen LogP contribution in [0.3, 0.4) is 0 Å². The lowest BCUT2D eigenvalue weighted by molar-refractivity contribution is 0.0945. The lowest BCUT2D eigenvalue weighted by Crippen LogP contribution is -2.42. The van der Waals surface area contributed by atoms with Crippen molar-refractivity contribution in [3.63, 3.8) is 0 Å². The van der Waals surface area contributed by atoms with E-state index in [9.17, 15) is 13.2 Å². The maximum absolute atomic E-state index is 12.8. The molecule has 0 spiro atoms. The molecule has 2 aromatic rings. The summed E-state index contributed by atoms with van der Waals surface area (Å²) in [6.07, 6.45) is 0.874. The van der Waals surface area contributed by atoms with Crippen molar-refractivity contribution in [1.82, 2.24) is 10.3 Å². The number of rotatable bonds is 5. The van der Waals surface area contributed by atoms with Gasteiger partial charge in [-0.2, -0.15) is 0 Å². The van der Waals surface area contributed by atoms with Gasteiger partial charge in [0.25, 0.3) is 15.9 Å². The van der Waals surface area contributed by atoms with E-state index in [4.69, 9.17) is 0 Å². The molecule has 0 unspecified atom stereocenters. The SMILES string of the molecule is CCc1ccc(C(=O)NNS(=O)(=O)c2c(C)c(C)c(C)c(C)c2C)cc1. The second-order valence-corrected chi connectivity index (χ2v) is 8.18. The van der Waals surface area contributed by atoms with Crippen molar-refractivity contribution in [2.75, 3.05) is 0 Å². The highest BCUT2D eigenvalue weighted by Crippen LogP contribution is 2.29. The summed E-state index contributed by atoms with van der Waals surface area (Å²) in [6.45, 7) is 11.4. The quantitative estimate of drug-likeness (QED) is 0.788. The molecule has 0 heterocycles. The van der Waals surface area contributed by atoms with E-state index in [0.717, 1.165) is 28.7 Å². The van der Waals surface area contributed by atoms with E-state index >= 15 is 0 Å². The molecule has 0 fully saturated rings. The molecule has 2 rings (SSSR count). The van der Waals surface area contributed by atoms with E-state index in [1.165, 1.54) is 0 Å². The van der Waals surface area contributed by atoms with Gasteiger partial charge in [-0.25, -0.2) is 8.42 Å². The van der Waals surface area contributed by atoms with E-state index in [-0.39, 0.29) is 4.90 Å². The van der Waals surface area contributed by atoms with E-state index in [2.05, 4.69) is 10.3 Å². The number of hydrogen-bond acceptors (Lipinski definition) is 3. The van der Waals surface area contributed by atoms with Crippen molar-refractivity contribution in [3.8, 4) is 0 Å². The van der Waals surface area contributed by atoms with Crippen LogP contribution in [0.4, 0.5) is 0 Å². The maximum Gasteiger partial charge on any atom is 0.266 e. The maximum atomic E-state index is 12.8. The van der Waals surface area contributed by atoms with Gasteiger partial charge in [-0.15, -0.1) is 4.83 Å². The molecule has 0 aromatic heterocycles. The zero-order valence-electron chi connectivity index (χ0n) is 16.1. The first-order chi connectivity index (χ1) is 12.1. The van der Waals surface area contributed by atoms with Crippen LogP contribution in [-0.2, 0) is 16.4 Å². The zero-order chi connectivity index (χ0) is 19.6. The molecule has 1 amide bonds. The highest BCUT2D eigenvalue weighted by molar-refractivity contribution is 7.89. The largest absolute Gasteiger partial charge is 0.273 e. The predicted octanol–water partition coefficient (Wildman–Crippen LogP) is 3.41. The molecule has 2 aromatic carbocycles. The minimum Gasteiger partial charge on any atom is -0.273 e. The Morgan fingerprint density at radius 1 is 0.846 bits per heavy atom. The molecule has 0 saturated heterocycles. The summed E-state index contributed by atoms with van der Waals surface area (Å²) < 4.78 is 25.6. The van der Waals surface area contributed by atoms with Gasteiger partial charge in [0.1, 0.15) is 0 Å². The molecule has 140 valence electrons. The third-order valence-electron chi connectivity index (χ3n) is 5.12. The summed E-state index contributed by atoms with van der Waals surface area (Å²) in [5, 5.41) is 0. The van der Waals surface area contributed by atoms with E-state index in [1.54, 1.807) is 26.0 Å². The van der Waals surface area contributed by atoms with Crippen molar-refractivity contribution in [3.05, 3.63) is 63.2 Å². The first kappa shape index (κ1) is 20.1. The van der Waals surface area contributed by atoms with Gasteiger partial charge in [0.2, 0.25) is 0 Å². The Labute approximate surface area is 155 Å². The van der Waals surface area contributed by atoms with Crippen molar-refractivity contribution < 1.29 is 13.2 Å². The van der Waals surface area contributed by atoms with E-state index in [0.29, 0.717) is 16.7 Å². The highest BCUT2D eigenvalue weighted by Gasteiger charge is 2.24. The van der Waals surface area contributed by atoms with Crippen LogP contribution in [-0.4, -0.2) is 14.3 Å². The molecule has 0 atom stereocenters. The summed E-state index contributed by atoms with van der Waals surface area (Å²) in [5.74, 6) is -0.493. The van der Waals surface area contributed by atoms with Gasteiger partial charge in [0.15, 0.2) is 0 Å². The Morgan fingerprint density at radius 2 is 1.31 bits per heavy atom. The molecular formula is C20H26N2O3S. The monoisotopic (exact) mass is 374 g/mol. The van der Waals surface area contributed by atoms with Crippen LogP contribution >= 0.6 is 0 Å². The molecule has 0 aliphatic carbocycles. The second kappa shape index (κ2) is 7.60. The number of carbonyl (C=O) groups is 1. The van der Waals surface area contributed by atoms with Crippen LogP contribution in [0.2, 0.25) is 0 Å². The number of nitrogens with one attached hydrogen (secondary N) is 2. The fourth-order valence-electron chi connectivity index (χ4n) is 3.00. The first-order valence-corrected chi connectivity index (χ1v) is 10.1. The Morgan fingerprint density at radius 3 is 1.77 bits per heavy atom. The van der Waals surface area contributed by atoms with Crippen LogP contribution in [0.1, 0.15) is 50.7 Å². The third kappa shape index (κ3) is 3.81. The molecule has 0 radical (unpaired) electrons. The van der Waals surface area contributed by atoms with Gasteiger partial charge in [-0.3, -0.25) is 10.2 Å². The fraction of sp³-hybridized carbons (Fsp3) is 0.350. The van der Waals surface area contributed by atoms with Gasteiger partial charge >= 0.3 is 0 Å². The van der Waals surface area contributed by atoms with Crippen LogP contribution in [0.5, 0.6) is 0 Å². The van der Waals surface area contributed by atoms with Crippen LogP contribution < -0.4 is 10.3 Å². The normalized spacial score (nSPS) is 11.5. The molecule has 6 heteroatoms. The molecule has 26 heavy (non-hydrogen) atoms. The number of sulfonamides is 1. The van der Waals surface area contributed by atoms with Crippen molar-refractivity contribution in [2.45, 2.75) is 52.9 Å². The second-order valence-electron chi connectivity index (χ2n) is 6.56. The fourth-order valence-corrected chi connectivity index (χ4v) is 4.44. The summed E-state index contributed by atoms with van der Waals surface area (Å²) in [7, 11) is -3.88. The topological polar surface area (TPSA) is 75.3 Å². The zero-order valence-corrected chi connectivity index (χ0v) is 17.0. The number of carbonyl (C=O) groups excluding carboxylic acids is 1. The first-order valence-electron chi connectivity index (χ1n) is 8.58. The van der Waals surface area contributed by atoms with Gasteiger partial charge in [0.05, 0.1) is 4.90 Å². The lowest BCUT2D eigenvalue weighted by Gasteiger charge is -2.19. The number of aryl methyl sites for hydroxylation is 1. The van der Waals surface area contributed by atoms with Gasteiger partial charge in [-0.05, 0) is 86.6 Å². The Balaban J connectivity index is 2.28. The minimum absolute atomic E-state index is 0.222. The molecular weight excluding hydrogens is 348 g/mol. The smallest absolute Gasteiger partial charge is 0.266 e. The average Bonchev–Trinajstić information content (AvgIpc) is 2.63. The van der Waals surface area contributed by atoms with E-state index in [1.807, 2.05) is 39.8 Å². The molecule has 0 aliphatic rings. The number of hydrazine groups is 1. The Bertz CT molecular complexity index is 917. The van der Waals surface area contributed by atoms with E-state index < -0.39 is 15.9 Å². The molecule has 0 aliphatic heterocycles. The standard InChI is InChI=1S/C20H26N2O3S/c1-7-17-8-10-18(11-9-17)20(23)21-22-26(24,25)19-15(5)13(3)12(2)14(4)16(19)6/h8-11,22H,7H2,1-6H3,(H,21,23). The summed E-state index contributed by atoms with van der Waals surface area (Å²) in [5.41, 5.74) is 8.16. The van der Waals surface area contributed by atoms with Crippen molar-refractivity contribution in [1.29, 1.82) is 0 Å². The lowest BCUT2D eigenvalue weighted by atomic mass is 9.95. The summed E-state index contributed by atoms with van der Waals surface area (Å²) >= 11 is 0. The molecule has 2 N–H and O–H groups in total. The number of benzene rings is 2. The molecule has 0 saturated carbocycles. The number of amides is 1. The van der Waals surface area contributed by atoms with Gasteiger partial charge in [-0.1, -0.05) is 19.1 Å². The molecule has 5 nitrogen and oxygen atoms in total. The third-order valence-corrected chi connectivity index (χ3v) is 6.64. The Kier molecular flexibility index (Phi) is 5.88. The van der Waals surface area contributed by atoms with Crippen LogP contribution in [0.25, 0.3) is 0 Å². The summed E-state index contributed by atoms with van der Waals surface area (Å²) in [6, 6.07) is 7.06. The summed E-state index contributed by atoms with van der Waals surface area (Å²) in [4.78, 5) is 14.7. The Hall–Kier alpha value is -2.18. The predicted molar refractivity (Wildman–Crippen MR) is 104 cm³/mol. The average molecular weight is 375 g/mol.